The summed E-state index contributed by atoms with van der Waals surface area (Å²) < 4.78 is 0. The first-order chi connectivity index (χ1) is 6.80. The van der Waals surface area contributed by atoms with Gasteiger partial charge in [0.1, 0.15) is 0 Å². The molecule has 1 saturated carbocycles. The van der Waals surface area contributed by atoms with Gasteiger partial charge >= 0.3 is 0 Å². The summed E-state index contributed by atoms with van der Waals surface area (Å²) in [5, 5.41) is 0. The first-order valence-electron chi connectivity index (χ1n) is 5.73. The zero-order chi connectivity index (χ0) is 11.4. The lowest BCUT2D eigenvalue weighted by atomic mass is 9.63. The van der Waals surface area contributed by atoms with Crippen molar-refractivity contribution < 1.29 is 4.79 Å². The van der Waals surface area contributed by atoms with Crippen LogP contribution in [0.4, 0.5) is 0 Å². The molecule has 0 aliphatic heterocycles. The molecule has 2 aliphatic carbocycles. The summed E-state index contributed by atoms with van der Waals surface area (Å²) >= 11 is 0. The van der Waals surface area contributed by atoms with Gasteiger partial charge in [-0.15, -0.1) is 0 Å². The predicted octanol–water partition coefficient (Wildman–Crippen LogP) is 3.37. The van der Waals surface area contributed by atoms with E-state index < -0.39 is 0 Å². The Labute approximate surface area is 92.3 Å². The molecule has 0 spiro atoms. The van der Waals surface area contributed by atoms with E-state index in [1.807, 2.05) is 12.2 Å². The highest BCUT2D eigenvalue weighted by Crippen LogP contribution is 2.59. The molecule has 0 aromatic heterocycles. The van der Waals surface area contributed by atoms with Gasteiger partial charge in [-0.3, -0.25) is 4.79 Å². The highest BCUT2D eigenvalue weighted by atomic mass is 16.1. The van der Waals surface area contributed by atoms with Crippen LogP contribution in [-0.2, 0) is 4.79 Å². The van der Waals surface area contributed by atoms with E-state index in [4.69, 9.17) is 0 Å². The molecular formula is C14H20O. The number of hydrogen-bond acceptors (Lipinski definition) is 1. The maximum atomic E-state index is 12.3. The van der Waals surface area contributed by atoms with Crippen LogP contribution in [0.2, 0.25) is 0 Å². The lowest BCUT2D eigenvalue weighted by Gasteiger charge is -2.39. The van der Waals surface area contributed by atoms with Crippen molar-refractivity contribution in [3.63, 3.8) is 0 Å². The second kappa shape index (κ2) is 2.84. The number of Topliss-reactive ketones (excluding diaryl/α,β-unsaturated/α-hetero) is 1. The van der Waals surface area contributed by atoms with Gasteiger partial charge in [0.25, 0.3) is 0 Å². The smallest absolute Gasteiger partial charge is 0.165 e. The van der Waals surface area contributed by atoms with Crippen LogP contribution in [0.1, 0.15) is 34.6 Å². The van der Waals surface area contributed by atoms with E-state index in [0.717, 1.165) is 5.57 Å². The second-order valence-corrected chi connectivity index (χ2v) is 6.02. The van der Waals surface area contributed by atoms with Crippen LogP contribution in [-0.4, -0.2) is 5.78 Å². The Hall–Kier alpha value is -0.850. The summed E-state index contributed by atoms with van der Waals surface area (Å²) in [7, 11) is 0. The van der Waals surface area contributed by atoms with Gasteiger partial charge in [0, 0.05) is 5.41 Å². The van der Waals surface area contributed by atoms with Crippen LogP contribution in [0.3, 0.4) is 0 Å². The maximum Gasteiger partial charge on any atom is 0.165 e. The Morgan fingerprint density at radius 1 is 1.20 bits per heavy atom. The Balaban J connectivity index is 2.58. The molecule has 0 radical (unpaired) electrons. The molecule has 2 rings (SSSR count). The summed E-state index contributed by atoms with van der Waals surface area (Å²) in [6.45, 7) is 10.8. The van der Waals surface area contributed by atoms with Gasteiger partial charge in [0.05, 0.1) is 0 Å². The van der Waals surface area contributed by atoms with Gasteiger partial charge in [-0.2, -0.15) is 0 Å². The minimum Gasteiger partial charge on any atom is -0.294 e. The molecule has 0 heterocycles. The van der Waals surface area contributed by atoms with E-state index in [9.17, 15) is 4.79 Å². The topological polar surface area (TPSA) is 17.1 Å². The Morgan fingerprint density at radius 2 is 1.80 bits per heavy atom. The van der Waals surface area contributed by atoms with Gasteiger partial charge in [-0.05, 0) is 22.8 Å². The molecule has 82 valence electrons. The molecule has 0 saturated heterocycles. The average Bonchev–Trinajstić information content (AvgIpc) is 2.27. The molecule has 0 bridgehead atoms. The summed E-state index contributed by atoms with van der Waals surface area (Å²) in [4.78, 5) is 12.3. The first-order valence-corrected chi connectivity index (χ1v) is 5.73. The molecule has 15 heavy (non-hydrogen) atoms. The zero-order valence-electron chi connectivity index (χ0n) is 10.3. The summed E-state index contributed by atoms with van der Waals surface area (Å²) in [6, 6.07) is 0. The Bertz CT molecular complexity index is 369. The van der Waals surface area contributed by atoms with Crippen molar-refractivity contribution in [1.29, 1.82) is 0 Å². The van der Waals surface area contributed by atoms with Crippen LogP contribution in [0.25, 0.3) is 0 Å². The molecular weight excluding hydrogens is 184 g/mol. The van der Waals surface area contributed by atoms with Crippen LogP contribution in [0, 0.1) is 22.7 Å². The van der Waals surface area contributed by atoms with Gasteiger partial charge in [-0.1, -0.05) is 52.8 Å². The number of hydrogen-bond donors (Lipinski definition) is 0. The number of carbonyl (C=O) groups is 1. The Morgan fingerprint density at radius 3 is 2.33 bits per heavy atom. The van der Waals surface area contributed by atoms with Crippen LogP contribution in [0.15, 0.2) is 23.8 Å². The van der Waals surface area contributed by atoms with Crippen LogP contribution >= 0.6 is 0 Å². The van der Waals surface area contributed by atoms with Crippen molar-refractivity contribution in [3.05, 3.63) is 23.8 Å². The molecule has 0 N–H and O–H groups in total. The zero-order valence-corrected chi connectivity index (χ0v) is 10.3. The standard InChI is InChI=1S/C14H20O/c1-9-7-6-8-10-11(9)13(2,3)14(4,5)12(10)15/h6-9,11H,1-5H3. The number of ketones is 1. The monoisotopic (exact) mass is 204 g/mol. The van der Waals surface area contributed by atoms with Crippen molar-refractivity contribution in [1.82, 2.24) is 0 Å². The fraction of sp³-hybridized carbons (Fsp3) is 0.643. The fourth-order valence-corrected chi connectivity index (χ4v) is 3.14. The van der Waals surface area contributed by atoms with Gasteiger partial charge in [0.15, 0.2) is 5.78 Å². The molecule has 0 aromatic rings. The van der Waals surface area contributed by atoms with E-state index in [2.05, 4.69) is 40.7 Å². The lowest BCUT2D eigenvalue weighted by molar-refractivity contribution is -0.124. The van der Waals surface area contributed by atoms with Crippen LogP contribution < -0.4 is 0 Å². The minimum absolute atomic E-state index is 0.0556. The third kappa shape index (κ3) is 1.12. The number of fused-ring (bicyclic) bond motifs is 1. The predicted molar refractivity (Wildman–Crippen MR) is 62.4 cm³/mol. The van der Waals surface area contributed by atoms with E-state index >= 15 is 0 Å². The van der Waals surface area contributed by atoms with Crippen LogP contribution in [0.5, 0.6) is 0 Å². The number of carbonyl (C=O) groups excluding carboxylic acids is 1. The Kier molecular flexibility index (Phi) is 2.02. The summed E-state index contributed by atoms with van der Waals surface area (Å²) in [6.07, 6.45) is 6.26. The highest BCUT2D eigenvalue weighted by Gasteiger charge is 2.58. The van der Waals surface area contributed by atoms with Crippen molar-refractivity contribution in [2.75, 3.05) is 0 Å². The molecule has 1 heteroatoms. The van der Waals surface area contributed by atoms with E-state index in [-0.39, 0.29) is 10.8 Å². The third-order valence-corrected chi connectivity index (χ3v) is 4.77. The SMILES string of the molecule is CC1C=CC=C2C(=O)C(C)(C)C(C)(C)C21. The van der Waals surface area contributed by atoms with Gasteiger partial charge < -0.3 is 0 Å². The quantitative estimate of drug-likeness (QED) is 0.591. The molecule has 1 nitrogen and oxygen atoms in total. The molecule has 2 atom stereocenters. The van der Waals surface area contributed by atoms with E-state index in [1.165, 1.54) is 0 Å². The fourth-order valence-electron chi connectivity index (χ4n) is 3.14. The normalized spacial score (nSPS) is 36.3. The first kappa shape index (κ1) is 10.7. The van der Waals surface area contributed by atoms with E-state index in [1.54, 1.807) is 0 Å². The number of allylic oxidation sites excluding steroid dienone is 4. The minimum atomic E-state index is -0.232. The van der Waals surface area contributed by atoms with Crippen molar-refractivity contribution in [2.24, 2.45) is 22.7 Å². The van der Waals surface area contributed by atoms with Crippen molar-refractivity contribution in [3.8, 4) is 0 Å². The highest BCUT2D eigenvalue weighted by molar-refractivity contribution is 6.04. The molecule has 2 unspecified atom stereocenters. The molecule has 0 amide bonds. The second-order valence-electron chi connectivity index (χ2n) is 6.02. The van der Waals surface area contributed by atoms with Crippen molar-refractivity contribution in [2.45, 2.75) is 34.6 Å². The molecule has 0 aromatic carbocycles. The number of rotatable bonds is 0. The van der Waals surface area contributed by atoms with Gasteiger partial charge in [-0.25, -0.2) is 0 Å². The van der Waals surface area contributed by atoms with Gasteiger partial charge in [0.2, 0.25) is 0 Å². The summed E-state index contributed by atoms with van der Waals surface area (Å²) in [5.41, 5.74) is 0.865. The largest absolute Gasteiger partial charge is 0.294 e. The lowest BCUT2D eigenvalue weighted by Crippen LogP contribution is -2.36. The van der Waals surface area contributed by atoms with Crippen molar-refractivity contribution >= 4 is 5.78 Å². The molecule has 2 aliphatic rings. The van der Waals surface area contributed by atoms with E-state index in [0.29, 0.717) is 17.6 Å². The average molecular weight is 204 g/mol. The third-order valence-electron chi connectivity index (χ3n) is 4.77. The summed E-state index contributed by atoms with van der Waals surface area (Å²) in [5.74, 6) is 1.21. The molecule has 1 fully saturated rings. The maximum absolute atomic E-state index is 12.3.